The van der Waals surface area contributed by atoms with Gasteiger partial charge in [-0.2, -0.15) is 0 Å². The van der Waals surface area contributed by atoms with Gasteiger partial charge in [-0.25, -0.2) is 0 Å². The van der Waals surface area contributed by atoms with Gasteiger partial charge in [0.15, 0.2) is 11.6 Å². The van der Waals surface area contributed by atoms with E-state index < -0.39 is 0 Å². The van der Waals surface area contributed by atoms with Gasteiger partial charge in [0.05, 0.1) is 11.1 Å². The number of phenolic OH excluding ortho intramolecular Hbond substituents is 1. The van der Waals surface area contributed by atoms with Crippen LogP contribution in [0.2, 0.25) is 0 Å². The lowest BCUT2D eigenvalue weighted by molar-refractivity contribution is 0.0977. The molecule has 0 aliphatic heterocycles. The average Bonchev–Trinajstić information content (AvgIpc) is 2.44. The molecule has 0 heterocycles. The fraction of sp³-hybridized carbons (Fsp3) is 0.125. The van der Waals surface area contributed by atoms with E-state index in [2.05, 4.69) is 5.32 Å². The van der Waals surface area contributed by atoms with Crippen molar-refractivity contribution in [2.24, 2.45) is 0 Å². The molecule has 0 fully saturated rings. The predicted octanol–water partition coefficient (Wildman–Crippen LogP) is 2.52. The summed E-state index contributed by atoms with van der Waals surface area (Å²) in [5.41, 5.74) is 2.38. The molecule has 3 rings (SSSR count). The zero-order valence-electron chi connectivity index (χ0n) is 11.2. The van der Waals surface area contributed by atoms with Crippen LogP contribution >= 0.6 is 0 Å². The monoisotopic (exact) mass is 267 g/mol. The summed E-state index contributed by atoms with van der Waals surface area (Å²) in [6, 6.07) is 8.18. The fourth-order valence-corrected chi connectivity index (χ4v) is 2.73. The molecule has 2 aromatic rings. The topological polar surface area (TPSA) is 66.4 Å². The zero-order chi connectivity index (χ0) is 14.4. The summed E-state index contributed by atoms with van der Waals surface area (Å²) in [7, 11) is 1.69. The molecule has 4 heteroatoms. The van der Waals surface area contributed by atoms with Crippen LogP contribution in [-0.2, 0) is 0 Å². The van der Waals surface area contributed by atoms with Crippen LogP contribution in [0.5, 0.6) is 5.75 Å². The number of carbonyl (C=O) groups is 2. The molecule has 4 nitrogen and oxygen atoms in total. The molecular weight excluding hydrogens is 254 g/mol. The Balaban J connectivity index is 2.42. The van der Waals surface area contributed by atoms with E-state index in [1.54, 1.807) is 38.2 Å². The smallest absolute Gasteiger partial charge is 0.198 e. The van der Waals surface area contributed by atoms with Crippen molar-refractivity contribution in [1.82, 2.24) is 0 Å². The first kappa shape index (κ1) is 12.4. The van der Waals surface area contributed by atoms with Crippen molar-refractivity contribution < 1.29 is 14.7 Å². The third-order valence-electron chi connectivity index (χ3n) is 3.62. The van der Waals surface area contributed by atoms with Gasteiger partial charge in [-0.1, -0.05) is 24.3 Å². The maximum absolute atomic E-state index is 12.6. The Hall–Kier alpha value is -2.62. The first-order chi connectivity index (χ1) is 9.56. The molecule has 0 unspecified atom stereocenters. The Morgan fingerprint density at radius 2 is 1.55 bits per heavy atom. The minimum Gasteiger partial charge on any atom is -0.507 e. The number of aromatic hydroxyl groups is 1. The number of ketones is 2. The summed E-state index contributed by atoms with van der Waals surface area (Å²) in [6.45, 7) is 1.78. The van der Waals surface area contributed by atoms with E-state index >= 15 is 0 Å². The highest BCUT2D eigenvalue weighted by molar-refractivity contribution is 6.31. The Kier molecular flexibility index (Phi) is 2.61. The Bertz CT molecular complexity index is 763. The number of aryl methyl sites for hydroxylation is 1. The highest BCUT2D eigenvalue weighted by atomic mass is 16.3. The quantitative estimate of drug-likeness (QED) is 0.665. The van der Waals surface area contributed by atoms with E-state index in [-0.39, 0.29) is 28.4 Å². The van der Waals surface area contributed by atoms with Crippen molar-refractivity contribution >= 4 is 17.3 Å². The van der Waals surface area contributed by atoms with E-state index in [0.717, 1.165) is 5.56 Å². The molecule has 1 aliphatic carbocycles. The number of hydrogen-bond donors (Lipinski definition) is 2. The van der Waals surface area contributed by atoms with Gasteiger partial charge in [-0.15, -0.1) is 0 Å². The van der Waals surface area contributed by atoms with E-state index in [4.69, 9.17) is 0 Å². The van der Waals surface area contributed by atoms with E-state index in [1.165, 1.54) is 6.07 Å². The molecular formula is C16H13NO3. The largest absolute Gasteiger partial charge is 0.507 e. The van der Waals surface area contributed by atoms with Crippen LogP contribution in [0.4, 0.5) is 5.69 Å². The molecule has 0 saturated heterocycles. The summed E-state index contributed by atoms with van der Waals surface area (Å²) in [4.78, 5) is 25.1. The van der Waals surface area contributed by atoms with Crippen molar-refractivity contribution in [1.29, 1.82) is 0 Å². The number of anilines is 1. The van der Waals surface area contributed by atoms with Crippen LogP contribution < -0.4 is 5.32 Å². The number of phenols is 1. The highest BCUT2D eigenvalue weighted by Crippen LogP contribution is 2.38. The SMILES string of the molecule is CNc1c(C)cc(O)c2c1C(=O)c1ccccc1C2=O. The molecule has 0 saturated carbocycles. The van der Waals surface area contributed by atoms with Crippen LogP contribution in [0.1, 0.15) is 37.4 Å². The fourth-order valence-electron chi connectivity index (χ4n) is 2.73. The van der Waals surface area contributed by atoms with Gasteiger partial charge in [0.1, 0.15) is 5.75 Å². The molecule has 0 aromatic heterocycles. The highest BCUT2D eigenvalue weighted by Gasteiger charge is 2.34. The van der Waals surface area contributed by atoms with Gasteiger partial charge in [0.25, 0.3) is 0 Å². The van der Waals surface area contributed by atoms with Crippen LogP contribution in [0.25, 0.3) is 0 Å². The summed E-state index contributed by atoms with van der Waals surface area (Å²) in [5.74, 6) is -0.702. The summed E-state index contributed by atoms with van der Waals surface area (Å²) >= 11 is 0. The molecule has 20 heavy (non-hydrogen) atoms. The minimum atomic E-state index is -0.316. The molecule has 0 atom stereocenters. The van der Waals surface area contributed by atoms with Crippen LogP contribution in [0.3, 0.4) is 0 Å². The number of fused-ring (bicyclic) bond motifs is 2. The summed E-state index contributed by atoms with van der Waals surface area (Å²) in [5, 5.41) is 13.0. The van der Waals surface area contributed by atoms with Crippen LogP contribution in [0.15, 0.2) is 30.3 Å². The number of rotatable bonds is 1. The number of nitrogens with one attached hydrogen (secondary N) is 1. The average molecular weight is 267 g/mol. The molecule has 2 N–H and O–H groups in total. The van der Waals surface area contributed by atoms with Gasteiger partial charge in [0.2, 0.25) is 0 Å². The molecule has 0 radical (unpaired) electrons. The van der Waals surface area contributed by atoms with E-state index in [9.17, 15) is 14.7 Å². The van der Waals surface area contributed by atoms with Crippen molar-refractivity contribution in [3.63, 3.8) is 0 Å². The van der Waals surface area contributed by atoms with Crippen LogP contribution in [0, 0.1) is 6.92 Å². The molecule has 1 aliphatic rings. The van der Waals surface area contributed by atoms with Crippen molar-refractivity contribution in [3.05, 3.63) is 58.1 Å². The first-order valence-electron chi connectivity index (χ1n) is 6.29. The summed E-state index contributed by atoms with van der Waals surface area (Å²) < 4.78 is 0. The minimum absolute atomic E-state index is 0.0867. The van der Waals surface area contributed by atoms with Gasteiger partial charge in [-0.3, -0.25) is 9.59 Å². The third kappa shape index (κ3) is 1.48. The second-order valence-corrected chi connectivity index (χ2v) is 4.79. The lowest BCUT2D eigenvalue weighted by Gasteiger charge is -2.22. The number of benzene rings is 2. The molecule has 100 valence electrons. The van der Waals surface area contributed by atoms with Crippen LogP contribution in [-0.4, -0.2) is 23.7 Å². The van der Waals surface area contributed by atoms with Crippen molar-refractivity contribution in [3.8, 4) is 5.75 Å². The first-order valence-corrected chi connectivity index (χ1v) is 6.29. The summed E-state index contributed by atoms with van der Waals surface area (Å²) in [6.07, 6.45) is 0. The van der Waals surface area contributed by atoms with Gasteiger partial charge in [0, 0.05) is 23.9 Å². The Labute approximate surface area is 116 Å². The normalized spacial score (nSPS) is 12.9. The van der Waals surface area contributed by atoms with Gasteiger partial charge < -0.3 is 10.4 Å². The lowest BCUT2D eigenvalue weighted by atomic mass is 9.81. The Morgan fingerprint density at radius 1 is 1.00 bits per heavy atom. The molecule has 0 spiro atoms. The predicted molar refractivity (Wildman–Crippen MR) is 75.7 cm³/mol. The maximum Gasteiger partial charge on any atom is 0.198 e. The van der Waals surface area contributed by atoms with Gasteiger partial charge in [-0.05, 0) is 18.6 Å². The standard InChI is InChI=1S/C16H13NO3/c1-8-7-11(18)12-13(14(8)17-2)16(20)10-6-4-3-5-9(10)15(12)19/h3-7,17-18H,1-2H3. The molecule has 0 bridgehead atoms. The van der Waals surface area contributed by atoms with Gasteiger partial charge >= 0.3 is 0 Å². The zero-order valence-corrected chi connectivity index (χ0v) is 11.2. The van der Waals surface area contributed by atoms with Crippen molar-refractivity contribution in [2.45, 2.75) is 6.92 Å². The van der Waals surface area contributed by atoms with E-state index in [0.29, 0.717) is 16.8 Å². The van der Waals surface area contributed by atoms with E-state index in [1.807, 2.05) is 0 Å². The third-order valence-corrected chi connectivity index (χ3v) is 3.62. The Morgan fingerprint density at radius 3 is 2.10 bits per heavy atom. The molecule has 2 aromatic carbocycles. The number of carbonyl (C=O) groups excluding carboxylic acids is 2. The second-order valence-electron chi connectivity index (χ2n) is 4.79. The lowest BCUT2D eigenvalue weighted by Crippen LogP contribution is -2.22. The number of hydrogen-bond acceptors (Lipinski definition) is 4. The maximum atomic E-state index is 12.6. The van der Waals surface area contributed by atoms with Crippen molar-refractivity contribution in [2.75, 3.05) is 12.4 Å². The second kappa shape index (κ2) is 4.20. The molecule has 0 amide bonds.